The van der Waals surface area contributed by atoms with Crippen molar-refractivity contribution in [1.29, 1.82) is 0 Å². The second-order valence-electron chi connectivity index (χ2n) is 12.4. The monoisotopic (exact) mass is 618 g/mol. The highest BCUT2D eigenvalue weighted by molar-refractivity contribution is 8.33. The number of benzene rings is 3. The molecule has 2 fully saturated rings. The maximum absolute atomic E-state index is 14.8. The summed E-state index contributed by atoms with van der Waals surface area (Å²) in [5.74, 6) is 0.505. The van der Waals surface area contributed by atoms with Gasteiger partial charge in [0.15, 0.2) is 5.60 Å². The van der Waals surface area contributed by atoms with Crippen molar-refractivity contribution in [2.24, 2.45) is 11.8 Å². The van der Waals surface area contributed by atoms with Crippen molar-refractivity contribution in [3.8, 4) is 5.75 Å². The molecule has 1 spiro atoms. The Hall–Kier alpha value is -3.53. The summed E-state index contributed by atoms with van der Waals surface area (Å²) in [5, 5.41) is 10.4. The number of anilines is 2. The molecule has 3 aliphatic rings. The van der Waals surface area contributed by atoms with Gasteiger partial charge in [-0.2, -0.15) is 0 Å². The van der Waals surface area contributed by atoms with Gasteiger partial charge in [-0.25, -0.2) is 14.8 Å². The lowest BCUT2D eigenvalue weighted by Gasteiger charge is -2.44. The van der Waals surface area contributed by atoms with E-state index in [1.165, 1.54) is 4.90 Å². The lowest BCUT2D eigenvalue weighted by molar-refractivity contribution is -0.146. The third-order valence-electron chi connectivity index (χ3n) is 10.0. The molecule has 0 aromatic heterocycles. The molecule has 2 amide bonds. The number of aliphatic hydroxyl groups is 1. The van der Waals surface area contributed by atoms with E-state index in [2.05, 4.69) is 38.5 Å². The molecule has 2 saturated heterocycles. The molecule has 0 radical (unpaired) electrons. The molecule has 3 aliphatic heterocycles. The standard InChI is InChI=1S/C35H42N2O6S/c1-23-32(24(2)44(4,5)28-14-12-27(41-3)13-15-28)31(17-19-38)43-35(23)29-21-26(36-18-20-42-34(36)40)11-16-30(29)37(33(35)39)22-25-9-7-6-8-10-25/h6-16,21,23-24,31-32,38H,17-20,22H2,1-5H3. The van der Waals surface area contributed by atoms with Crippen LogP contribution in [0.15, 0.2) is 77.7 Å². The van der Waals surface area contributed by atoms with E-state index in [0.29, 0.717) is 31.8 Å². The molecule has 1 N–H and O–H groups in total. The van der Waals surface area contributed by atoms with Crippen LogP contribution in [0.25, 0.3) is 0 Å². The fraction of sp³-hybridized carbons (Fsp3) is 0.429. The average Bonchev–Trinajstić information content (AvgIpc) is 3.66. The van der Waals surface area contributed by atoms with Crippen LogP contribution in [0.5, 0.6) is 5.75 Å². The number of aliphatic hydroxyl groups excluding tert-OH is 1. The Labute approximate surface area is 261 Å². The molecule has 44 heavy (non-hydrogen) atoms. The lowest BCUT2D eigenvalue weighted by Crippen LogP contribution is -2.45. The van der Waals surface area contributed by atoms with E-state index in [0.717, 1.165) is 22.6 Å². The first kappa shape index (κ1) is 30.5. The van der Waals surface area contributed by atoms with Crippen molar-refractivity contribution < 1.29 is 28.9 Å². The van der Waals surface area contributed by atoms with Gasteiger partial charge >= 0.3 is 6.09 Å². The Morgan fingerprint density at radius 2 is 1.80 bits per heavy atom. The number of carbonyl (C=O) groups excluding carboxylic acids is 2. The van der Waals surface area contributed by atoms with Crippen molar-refractivity contribution in [2.75, 3.05) is 49.2 Å². The molecule has 5 unspecified atom stereocenters. The fourth-order valence-corrected chi connectivity index (χ4v) is 9.86. The first-order valence-corrected chi connectivity index (χ1v) is 17.7. The van der Waals surface area contributed by atoms with Gasteiger partial charge in [0.05, 0.1) is 32.0 Å². The summed E-state index contributed by atoms with van der Waals surface area (Å²) < 4.78 is 17.7. The predicted octanol–water partition coefficient (Wildman–Crippen LogP) is 5.94. The number of amides is 2. The van der Waals surface area contributed by atoms with Crippen LogP contribution in [0.4, 0.5) is 16.2 Å². The zero-order chi connectivity index (χ0) is 31.2. The summed E-state index contributed by atoms with van der Waals surface area (Å²) in [6, 6.07) is 24.0. The molecule has 3 aromatic carbocycles. The van der Waals surface area contributed by atoms with Crippen LogP contribution >= 0.6 is 10.0 Å². The van der Waals surface area contributed by atoms with Crippen LogP contribution in [0.3, 0.4) is 0 Å². The number of fused-ring (bicyclic) bond motifs is 2. The van der Waals surface area contributed by atoms with Crippen LogP contribution in [-0.4, -0.2) is 67.8 Å². The quantitative estimate of drug-likeness (QED) is 0.320. The first-order valence-electron chi connectivity index (χ1n) is 15.2. The largest absolute Gasteiger partial charge is 0.497 e. The van der Waals surface area contributed by atoms with Crippen molar-refractivity contribution >= 4 is 33.4 Å². The molecule has 3 aromatic rings. The van der Waals surface area contributed by atoms with Crippen molar-refractivity contribution in [3.05, 3.63) is 83.9 Å². The van der Waals surface area contributed by atoms with Gasteiger partial charge in [0.1, 0.15) is 12.4 Å². The SMILES string of the molecule is COc1ccc(S(C)(C)C(C)C2C(CCO)OC3(C(=O)N(Cc4ccccc4)c4ccc(N5CCOC5=O)cc43)C2C)cc1. The van der Waals surface area contributed by atoms with Crippen LogP contribution in [0.1, 0.15) is 31.4 Å². The van der Waals surface area contributed by atoms with Crippen LogP contribution in [0.2, 0.25) is 0 Å². The van der Waals surface area contributed by atoms with Crippen molar-refractivity contribution in [3.63, 3.8) is 0 Å². The van der Waals surface area contributed by atoms with Gasteiger partial charge in [0.25, 0.3) is 5.91 Å². The number of hydrogen-bond acceptors (Lipinski definition) is 6. The molecule has 0 saturated carbocycles. The van der Waals surface area contributed by atoms with Gasteiger partial charge in [-0.3, -0.25) is 9.69 Å². The fourth-order valence-electron chi connectivity index (χ4n) is 7.39. The maximum Gasteiger partial charge on any atom is 0.414 e. The number of rotatable bonds is 9. The second-order valence-corrected chi connectivity index (χ2v) is 16.4. The van der Waals surface area contributed by atoms with Gasteiger partial charge in [-0.15, -0.1) is 0 Å². The Balaban J connectivity index is 1.44. The Bertz CT molecular complexity index is 1530. The number of cyclic esters (lactones) is 1. The summed E-state index contributed by atoms with van der Waals surface area (Å²) in [7, 11) is 0.294. The minimum Gasteiger partial charge on any atom is -0.497 e. The summed E-state index contributed by atoms with van der Waals surface area (Å²) >= 11 is 0. The highest BCUT2D eigenvalue weighted by Gasteiger charge is 2.65. The normalized spacial score (nSPS) is 25.8. The van der Waals surface area contributed by atoms with E-state index in [4.69, 9.17) is 14.2 Å². The van der Waals surface area contributed by atoms with Crippen molar-refractivity contribution in [1.82, 2.24) is 0 Å². The Morgan fingerprint density at radius 1 is 1.07 bits per heavy atom. The average molecular weight is 619 g/mol. The molecular weight excluding hydrogens is 576 g/mol. The molecule has 0 aliphatic carbocycles. The van der Waals surface area contributed by atoms with Gasteiger partial charge in [-0.1, -0.05) is 44.2 Å². The Kier molecular flexibility index (Phi) is 8.15. The number of nitrogens with zero attached hydrogens (tertiary/aromatic N) is 2. The van der Waals surface area contributed by atoms with E-state index in [9.17, 15) is 14.7 Å². The number of hydrogen-bond donors (Lipinski definition) is 1. The highest BCUT2D eigenvalue weighted by atomic mass is 32.3. The molecule has 6 rings (SSSR count). The molecule has 0 bridgehead atoms. The maximum atomic E-state index is 14.8. The second kappa shape index (κ2) is 11.8. The van der Waals surface area contributed by atoms with Crippen molar-refractivity contribution in [2.45, 2.75) is 48.7 Å². The summed E-state index contributed by atoms with van der Waals surface area (Å²) in [5.41, 5.74) is 2.02. The topological polar surface area (TPSA) is 88.5 Å². The Morgan fingerprint density at radius 3 is 2.43 bits per heavy atom. The lowest BCUT2D eigenvalue weighted by atomic mass is 9.75. The van der Waals surface area contributed by atoms with E-state index < -0.39 is 15.6 Å². The summed E-state index contributed by atoms with van der Waals surface area (Å²) in [6.07, 6.45) is 4.34. The van der Waals surface area contributed by atoms with E-state index >= 15 is 0 Å². The van der Waals surface area contributed by atoms with E-state index in [1.807, 2.05) is 65.6 Å². The summed E-state index contributed by atoms with van der Waals surface area (Å²) in [4.78, 5) is 32.1. The molecule has 9 heteroatoms. The minimum absolute atomic E-state index is 0.0110. The molecule has 5 atom stereocenters. The third-order valence-corrected chi connectivity index (χ3v) is 13.7. The first-order chi connectivity index (χ1) is 21.1. The van der Waals surface area contributed by atoms with Crippen LogP contribution in [0, 0.1) is 11.8 Å². The van der Waals surface area contributed by atoms with Crippen LogP contribution in [-0.2, 0) is 26.4 Å². The molecular formula is C35H42N2O6S. The van der Waals surface area contributed by atoms with Gasteiger partial charge in [-0.05, 0) is 77.1 Å². The predicted molar refractivity (Wildman–Crippen MR) is 174 cm³/mol. The number of methoxy groups -OCH3 is 1. The minimum atomic E-state index is -1.37. The number of ether oxygens (including phenoxy) is 3. The van der Waals surface area contributed by atoms with Gasteiger partial charge in [0.2, 0.25) is 0 Å². The van der Waals surface area contributed by atoms with E-state index in [1.54, 1.807) is 12.0 Å². The number of carbonyl (C=O) groups is 2. The van der Waals surface area contributed by atoms with Gasteiger partial charge in [0, 0.05) is 29.7 Å². The zero-order valence-electron chi connectivity index (χ0n) is 26.1. The summed E-state index contributed by atoms with van der Waals surface area (Å²) in [6.45, 7) is 5.55. The zero-order valence-corrected chi connectivity index (χ0v) is 26.9. The molecule has 8 nitrogen and oxygen atoms in total. The van der Waals surface area contributed by atoms with Gasteiger partial charge < -0.3 is 24.2 Å². The molecule has 234 valence electrons. The molecule has 3 heterocycles. The highest BCUT2D eigenvalue weighted by Crippen LogP contribution is 2.64. The van der Waals surface area contributed by atoms with Crippen LogP contribution < -0.4 is 14.5 Å². The smallest absolute Gasteiger partial charge is 0.414 e. The third kappa shape index (κ3) is 4.86. The van der Waals surface area contributed by atoms with E-state index in [-0.39, 0.29) is 41.8 Å².